The van der Waals surface area contributed by atoms with Gasteiger partial charge in [-0.3, -0.25) is 9.48 Å². The van der Waals surface area contributed by atoms with Gasteiger partial charge in [0.05, 0.1) is 41.1 Å². The number of nitrogens with zero attached hydrogens (tertiary/aromatic N) is 5. The summed E-state index contributed by atoms with van der Waals surface area (Å²) in [4.78, 5) is 14.5. The fraction of sp³-hybridized carbons (Fsp3) is 0.500. The highest BCUT2D eigenvalue weighted by molar-refractivity contribution is 7.91. The zero-order valence-electron chi connectivity index (χ0n) is 15.0. The number of sulfone groups is 1. The highest BCUT2D eigenvalue weighted by Crippen LogP contribution is 2.22. The maximum atomic E-state index is 12.9. The molecule has 0 aliphatic carbocycles. The van der Waals surface area contributed by atoms with Crippen molar-refractivity contribution in [3.63, 3.8) is 0 Å². The molecule has 2 heterocycles. The van der Waals surface area contributed by atoms with Crippen molar-refractivity contribution in [2.24, 2.45) is 0 Å². The van der Waals surface area contributed by atoms with Crippen LogP contribution in [-0.4, -0.2) is 52.4 Å². The minimum Gasteiger partial charge on any atom is -0.307 e. The van der Waals surface area contributed by atoms with E-state index in [0.29, 0.717) is 23.5 Å². The second-order valence-electron chi connectivity index (χ2n) is 6.01. The van der Waals surface area contributed by atoms with E-state index in [1.807, 2.05) is 6.92 Å². The van der Waals surface area contributed by atoms with Gasteiger partial charge in [0.15, 0.2) is 9.84 Å². The first-order valence-electron chi connectivity index (χ1n) is 8.00. The molecule has 0 saturated heterocycles. The molecule has 2 rings (SSSR count). The topological polar surface area (TPSA) is 98.1 Å². The molecule has 8 nitrogen and oxygen atoms in total. The molecule has 0 bridgehead atoms. The number of rotatable bonds is 6. The Bertz CT molecular complexity index is 848. The molecule has 136 valence electrons. The minimum absolute atomic E-state index is 0.210. The molecule has 0 aliphatic rings. The number of aromatic nitrogens is 4. The van der Waals surface area contributed by atoms with Gasteiger partial charge >= 0.3 is 0 Å². The molecule has 0 spiro atoms. The Labute approximate surface area is 147 Å². The van der Waals surface area contributed by atoms with E-state index in [2.05, 4.69) is 15.3 Å². The van der Waals surface area contributed by atoms with Gasteiger partial charge in [-0.25, -0.2) is 8.42 Å². The Balaban J connectivity index is 2.35. The SMILES string of the molecule is CCN(C(=O)c1cnn(C(C)C(C)S(C)(=O)=O)c1C)c1ccnnc1. The van der Waals surface area contributed by atoms with Gasteiger partial charge in [0.1, 0.15) is 0 Å². The molecule has 25 heavy (non-hydrogen) atoms. The van der Waals surface area contributed by atoms with Crippen molar-refractivity contribution >= 4 is 21.4 Å². The van der Waals surface area contributed by atoms with Gasteiger partial charge in [-0.1, -0.05) is 0 Å². The molecule has 0 saturated carbocycles. The van der Waals surface area contributed by atoms with Crippen LogP contribution in [0.1, 0.15) is 42.9 Å². The third-order valence-electron chi connectivity index (χ3n) is 4.46. The lowest BCUT2D eigenvalue weighted by Crippen LogP contribution is -2.31. The highest BCUT2D eigenvalue weighted by Gasteiger charge is 2.28. The third kappa shape index (κ3) is 3.87. The summed E-state index contributed by atoms with van der Waals surface area (Å²) >= 11 is 0. The monoisotopic (exact) mass is 365 g/mol. The summed E-state index contributed by atoms with van der Waals surface area (Å²) in [6.07, 6.45) is 5.74. The van der Waals surface area contributed by atoms with Crippen LogP contribution in [0.15, 0.2) is 24.7 Å². The maximum absolute atomic E-state index is 12.9. The number of hydrogen-bond donors (Lipinski definition) is 0. The summed E-state index contributed by atoms with van der Waals surface area (Å²) in [7, 11) is -3.21. The molecule has 0 aliphatic heterocycles. The van der Waals surface area contributed by atoms with E-state index < -0.39 is 15.1 Å². The lowest BCUT2D eigenvalue weighted by Gasteiger charge is -2.22. The van der Waals surface area contributed by atoms with Gasteiger partial charge in [-0.15, -0.1) is 0 Å². The highest BCUT2D eigenvalue weighted by atomic mass is 32.2. The van der Waals surface area contributed by atoms with E-state index in [1.165, 1.54) is 24.8 Å². The normalized spacial score (nSPS) is 14.1. The van der Waals surface area contributed by atoms with Gasteiger partial charge in [0, 0.05) is 18.5 Å². The van der Waals surface area contributed by atoms with Crippen LogP contribution >= 0.6 is 0 Å². The average molecular weight is 365 g/mol. The third-order valence-corrected chi connectivity index (χ3v) is 6.20. The Hall–Kier alpha value is -2.29. The predicted molar refractivity (Wildman–Crippen MR) is 95.4 cm³/mol. The standard InChI is InChI=1S/C16H23N5O3S/c1-6-20(14-7-8-17-18-9-14)16(22)15-10-19-21(12(15)3)11(2)13(4)25(5,23)24/h7-11,13H,6H2,1-5H3. The minimum atomic E-state index is -3.21. The summed E-state index contributed by atoms with van der Waals surface area (Å²) in [6.45, 7) is 7.52. The lowest BCUT2D eigenvalue weighted by atomic mass is 10.2. The van der Waals surface area contributed by atoms with Crippen molar-refractivity contribution in [1.29, 1.82) is 0 Å². The number of anilines is 1. The van der Waals surface area contributed by atoms with Crippen molar-refractivity contribution in [2.45, 2.75) is 39.0 Å². The van der Waals surface area contributed by atoms with Crippen LogP contribution in [0, 0.1) is 6.92 Å². The van der Waals surface area contributed by atoms with Gasteiger partial charge in [0.25, 0.3) is 5.91 Å². The first-order valence-corrected chi connectivity index (χ1v) is 9.95. The molecule has 0 aromatic carbocycles. The fourth-order valence-corrected chi connectivity index (χ4v) is 3.46. The van der Waals surface area contributed by atoms with Crippen LogP contribution in [0.3, 0.4) is 0 Å². The number of amides is 1. The van der Waals surface area contributed by atoms with Gasteiger partial charge in [-0.05, 0) is 33.8 Å². The van der Waals surface area contributed by atoms with Gasteiger partial charge < -0.3 is 4.90 Å². The van der Waals surface area contributed by atoms with E-state index in [0.717, 1.165) is 0 Å². The van der Waals surface area contributed by atoms with Crippen LogP contribution in [0.2, 0.25) is 0 Å². The van der Waals surface area contributed by atoms with Crippen LogP contribution in [0.4, 0.5) is 5.69 Å². The molecular weight excluding hydrogens is 342 g/mol. The number of hydrogen-bond acceptors (Lipinski definition) is 6. The molecular formula is C16H23N5O3S. The van der Waals surface area contributed by atoms with E-state index in [4.69, 9.17) is 0 Å². The Morgan fingerprint density at radius 3 is 2.48 bits per heavy atom. The molecule has 0 N–H and O–H groups in total. The predicted octanol–water partition coefficient (Wildman–Crippen LogP) is 1.64. The zero-order valence-corrected chi connectivity index (χ0v) is 15.9. The fourth-order valence-electron chi connectivity index (χ4n) is 2.63. The Morgan fingerprint density at radius 2 is 1.96 bits per heavy atom. The largest absolute Gasteiger partial charge is 0.307 e. The van der Waals surface area contributed by atoms with Crippen molar-refractivity contribution in [3.8, 4) is 0 Å². The summed E-state index contributed by atoms with van der Waals surface area (Å²) in [5.74, 6) is -0.210. The Morgan fingerprint density at radius 1 is 1.28 bits per heavy atom. The second-order valence-corrected chi connectivity index (χ2v) is 8.42. The summed E-state index contributed by atoms with van der Waals surface area (Å²) in [5.41, 5.74) is 1.71. The van der Waals surface area contributed by atoms with Crippen molar-refractivity contribution in [2.75, 3.05) is 17.7 Å². The average Bonchev–Trinajstić information content (AvgIpc) is 2.95. The van der Waals surface area contributed by atoms with Crippen LogP contribution in [0.25, 0.3) is 0 Å². The molecule has 2 aromatic heterocycles. The molecule has 1 amide bonds. The summed E-state index contributed by atoms with van der Waals surface area (Å²) in [6, 6.07) is 1.33. The van der Waals surface area contributed by atoms with E-state index >= 15 is 0 Å². The summed E-state index contributed by atoms with van der Waals surface area (Å²) in [5, 5.41) is 11.2. The first-order chi connectivity index (χ1) is 11.7. The Kier molecular flexibility index (Phi) is 5.56. The second kappa shape index (κ2) is 7.30. The molecule has 0 fully saturated rings. The first kappa shape index (κ1) is 19.0. The van der Waals surface area contributed by atoms with E-state index in [-0.39, 0.29) is 11.9 Å². The molecule has 2 aromatic rings. The van der Waals surface area contributed by atoms with Crippen molar-refractivity contribution in [1.82, 2.24) is 20.0 Å². The van der Waals surface area contributed by atoms with E-state index in [9.17, 15) is 13.2 Å². The van der Waals surface area contributed by atoms with Crippen LogP contribution in [0.5, 0.6) is 0 Å². The molecule has 2 unspecified atom stereocenters. The van der Waals surface area contributed by atoms with E-state index in [1.54, 1.807) is 36.4 Å². The quantitative estimate of drug-likeness (QED) is 0.772. The summed E-state index contributed by atoms with van der Waals surface area (Å²) < 4.78 is 25.2. The lowest BCUT2D eigenvalue weighted by molar-refractivity contribution is 0.0987. The maximum Gasteiger partial charge on any atom is 0.261 e. The van der Waals surface area contributed by atoms with Gasteiger partial charge in [-0.2, -0.15) is 15.3 Å². The molecule has 9 heteroatoms. The van der Waals surface area contributed by atoms with Crippen LogP contribution in [-0.2, 0) is 9.84 Å². The molecule has 2 atom stereocenters. The van der Waals surface area contributed by atoms with Gasteiger partial charge in [0.2, 0.25) is 0 Å². The number of carbonyl (C=O) groups excluding carboxylic acids is 1. The molecule has 0 radical (unpaired) electrons. The van der Waals surface area contributed by atoms with Crippen LogP contribution < -0.4 is 4.90 Å². The smallest absolute Gasteiger partial charge is 0.261 e. The van der Waals surface area contributed by atoms with Crippen molar-refractivity contribution < 1.29 is 13.2 Å². The van der Waals surface area contributed by atoms with Crippen molar-refractivity contribution in [3.05, 3.63) is 35.9 Å². The number of carbonyl (C=O) groups is 1. The zero-order chi connectivity index (χ0) is 18.8.